The van der Waals surface area contributed by atoms with E-state index in [2.05, 4.69) is 26.1 Å². The smallest absolute Gasteiger partial charge is 0.145 e. The lowest BCUT2D eigenvalue weighted by molar-refractivity contribution is 0.545. The van der Waals surface area contributed by atoms with Gasteiger partial charge in [-0.2, -0.15) is 11.8 Å². The molecule has 0 aliphatic rings. The maximum Gasteiger partial charge on any atom is 0.145 e. The van der Waals surface area contributed by atoms with Crippen molar-refractivity contribution in [1.82, 2.24) is 5.32 Å². The van der Waals surface area contributed by atoms with E-state index in [1.54, 1.807) is 12.1 Å². The summed E-state index contributed by atoms with van der Waals surface area (Å²) in [5.74, 6) is 0.703. The predicted octanol–water partition coefficient (Wildman–Crippen LogP) is 4.14. The molecule has 0 heterocycles. The average Bonchev–Trinajstić information content (AvgIpc) is 2.32. The summed E-state index contributed by atoms with van der Waals surface area (Å²) in [5, 5.41) is 4.20. The number of hydrogen-bond acceptors (Lipinski definition) is 2. The molecule has 0 saturated heterocycles. The molecule has 0 aliphatic heterocycles. The fourth-order valence-corrected chi connectivity index (χ4v) is 2.81. The maximum absolute atomic E-state index is 13.8. The molecule has 102 valence electrons. The van der Waals surface area contributed by atoms with E-state index >= 15 is 0 Å². The summed E-state index contributed by atoms with van der Waals surface area (Å²) in [5.41, 5.74) is 0.692. The van der Waals surface area contributed by atoms with Crippen LogP contribution in [-0.2, 0) is 6.42 Å². The van der Waals surface area contributed by atoms with E-state index in [1.165, 1.54) is 0 Å². The lowest BCUT2D eigenvalue weighted by Gasteiger charge is -2.19. The number of rotatable bonds is 7. The van der Waals surface area contributed by atoms with Gasteiger partial charge in [0.1, 0.15) is 5.82 Å². The Morgan fingerprint density at radius 1 is 1.39 bits per heavy atom. The first-order valence-electron chi connectivity index (χ1n) is 6.32. The van der Waals surface area contributed by atoms with Crippen molar-refractivity contribution in [3.63, 3.8) is 0 Å². The van der Waals surface area contributed by atoms with Crippen LogP contribution in [0, 0.1) is 5.82 Å². The van der Waals surface area contributed by atoms with Crippen molar-refractivity contribution in [3.8, 4) is 0 Å². The fraction of sp³-hybridized carbons (Fsp3) is 0.571. The Hall–Kier alpha value is -0.250. The SMILES string of the molecule is CCNC(CSC(C)C)Cc1cccc(Cl)c1F. The fourth-order valence-electron chi connectivity index (χ4n) is 1.76. The summed E-state index contributed by atoms with van der Waals surface area (Å²) < 4.78 is 13.8. The Balaban J connectivity index is 2.67. The molecule has 0 amide bonds. The standard InChI is InChI=1S/C14H21ClFNS/c1-4-17-12(9-18-10(2)3)8-11-6-5-7-13(15)14(11)16/h5-7,10,12,17H,4,8-9H2,1-3H3. The van der Waals surface area contributed by atoms with Crippen molar-refractivity contribution < 1.29 is 4.39 Å². The predicted molar refractivity (Wildman–Crippen MR) is 80.2 cm³/mol. The van der Waals surface area contributed by atoms with Crippen molar-refractivity contribution in [1.29, 1.82) is 0 Å². The molecule has 0 radical (unpaired) electrons. The van der Waals surface area contributed by atoms with Crippen LogP contribution in [0.5, 0.6) is 0 Å². The molecule has 1 rings (SSSR count). The minimum atomic E-state index is -0.281. The van der Waals surface area contributed by atoms with Gasteiger partial charge in [0.15, 0.2) is 0 Å². The second-order valence-electron chi connectivity index (χ2n) is 4.55. The van der Waals surface area contributed by atoms with Gasteiger partial charge >= 0.3 is 0 Å². The monoisotopic (exact) mass is 289 g/mol. The minimum absolute atomic E-state index is 0.208. The Bertz CT molecular complexity index is 371. The molecule has 0 spiro atoms. The molecule has 1 nitrogen and oxygen atoms in total. The molecular formula is C14H21ClFNS. The molecule has 1 aromatic rings. The zero-order chi connectivity index (χ0) is 13.5. The van der Waals surface area contributed by atoms with E-state index in [4.69, 9.17) is 11.6 Å². The first-order chi connectivity index (χ1) is 8.54. The van der Waals surface area contributed by atoms with Crippen molar-refractivity contribution in [2.24, 2.45) is 0 Å². The quantitative estimate of drug-likeness (QED) is 0.809. The molecular weight excluding hydrogens is 269 g/mol. The van der Waals surface area contributed by atoms with Crippen LogP contribution in [0.4, 0.5) is 4.39 Å². The lowest BCUT2D eigenvalue weighted by Crippen LogP contribution is -2.34. The summed E-state index contributed by atoms with van der Waals surface area (Å²) in [4.78, 5) is 0. The number of likely N-dealkylation sites (N-methyl/N-ethyl adjacent to an activating group) is 1. The number of hydrogen-bond donors (Lipinski definition) is 1. The second kappa shape index (κ2) is 8.03. The first kappa shape index (κ1) is 15.8. The van der Waals surface area contributed by atoms with Crippen molar-refractivity contribution >= 4 is 23.4 Å². The van der Waals surface area contributed by atoms with E-state index in [9.17, 15) is 4.39 Å². The maximum atomic E-state index is 13.8. The van der Waals surface area contributed by atoms with Crippen LogP contribution in [-0.4, -0.2) is 23.6 Å². The third-order valence-corrected chi connectivity index (χ3v) is 4.17. The van der Waals surface area contributed by atoms with Gasteiger partial charge in [-0.1, -0.05) is 44.5 Å². The normalized spacial score (nSPS) is 13.0. The van der Waals surface area contributed by atoms with Crippen molar-refractivity contribution in [2.75, 3.05) is 12.3 Å². The van der Waals surface area contributed by atoms with E-state index in [0.29, 0.717) is 17.2 Å². The van der Waals surface area contributed by atoms with Gasteiger partial charge in [-0.25, -0.2) is 4.39 Å². The van der Waals surface area contributed by atoms with Crippen LogP contribution in [0.15, 0.2) is 18.2 Å². The number of nitrogens with one attached hydrogen (secondary N) is 1. The first-order valence-corrected chi connectivity index (χ1v) is 7.75. The van der Waals surface area contributed by atoms with Crippen LogP contribution < -0.4 is 5.32 Å². The third-order valence-electron chi connectivity index (χ3n) is 2.62. The third kappa shape index (κ3) is 5.17. The molecule has 1 unspecified atom stereocenters. The molecule has 18 heavy (non-hydrogen) atoms. The minimum Gasteiger partial charge on any atom is -0.313 e. The van der Waals surface area contributed by atoms with Crippen LogP contribution in [0.25, 0.3) is 0 Å². The Labute approximate surface area is 118 Å². The second-order valence-corrected chi connectivity index (χ2v) is 6.57. The van der Waals surface area contributed by atoms with Gasteiger partial charge in [-0.3, -0.25) is 0 Å². The van der Waals surface area contributed by atoms with Gasteiger partial charge in [0.2, 0.25) is 0 Å². The van der Waals surface area contributed by atoms with Gasteiger partial charge in [0.05, 0.1) is 5.02 Å². The lowest BCUT2D eigenvalue weighted by atomic mass is 10.1. The molecule has 1 N–H and O–H groups in total. The van der Waals surface area contributed by atoms with Crippen molar-refractivity contribution in [2.45, 2.75) is 38.5 Å². The molecule has 1 atom stereocenters. The zero-order valence-corrected chi connectivity index (χ0v) is 12.7. The van der Waals surface area contributed by atoms with E-state index in [0.717, 1.165) is 12.3 Å². The van der Waals surface area contributed by atoms with Crippen molar-refractivity contribution in [3.05, 3.63) is 34.6 Å². The molecule has 4 heteroatoms. The summed E-state index contributed by atoms with van der Waals surface area (Å²) in [6.07, 6.45) is 0.681. The van der Waals surface area contributed by atoms with Crippen LogP contribution >= 0.6 is 23.4 Å². The van der Waals surface area contributed by atoms with Crippen LogP contribution in [0.3, 0.4) is 0 Å². The number of benzene rings is 1. The Morgan fingerprint density at radius 2 is 2.11 bits per heavy atom. The number of halogens is 2. The van der Waals surface area contributed by atoms with E-state index in [1.807, 2.05) is 17.8 Å². The Kier molecular flexibility index (Phi) is 7.05. The molecule has 0 fully saturated rings. The van der Waals surface area contributed by atoms with Gasteiger partial charge in [-0.15, -0.1) is 0 Å². The topological polar surface area (TPSA) is 12.0 Å². The molecule has 1 aromatic carbocycles. The number of thioether (sulfide) groups is 1. The molecule has 0 bridgehead atoms. The summed E-state index contributed by atoms with van der Waals surface area (Å²) >= 11 is 7.69. The van der Waals surface area contributed by atoms with Gasteiger partial charge in [0.25, 0.3) is 0 Å². The van der Waals surface area contributed by atoms with Gasteiger partial charge in [0, 0.05) is 11.8 Å². The summed E-state index contributed by atoms with van der Waals surface area (Å²) in [6.45, 7) is 7.31. The highest BCUT2D eigenvalue weighted by molar-refractivity contribution is 7.99. The van der Waals surface area contributed by atoms with Crippen LogP contribution in [0.2, 0.25) is 5.02 Å². The molecule has 0 aliphatic carbocycles. The summed E-state index contributed by atoms with van der Waals surface area (Å²) in [7, 11) is 0. The van der Waals surface area contributed by atoms with Gasteiger partial charge < -0.3 is 5.32 Å². The molecule has 0 saturated carbocycles. The molecule has 0 aromatic heterocycles. The average molecular weight is 290 g/mol. The highest BCUT2D eigenvalue weighted by atomic mass is 35.5. The van der Waals surface area contributed by atoms with Gasteiger partial charge in [-0.05, 0) is 29.8 Å². The van der Waals surface area contributed by atoms with E-state index in [-0.39, 0.29) is 16.9 Å². The largest absolute Gasteiger partial charge is 0.313 e. The highest BCUT2D eigenvalue weighted by Gasteiger charge is 2.13. The zero-order valence-electron chi connectivity index (χ0n) is 11.2. The highest BCUT2D eigenvalue weighted by Crippen LogP contribution is 2.20. The summed E-state index contributed by atoms with van der Waals surface area (Å²) in [6, 6.07) is 5.49. The van der Waals surface area contributed by atoms with E-state index < -0.39 is 0 Å². The Morgan fingerprint density at radius 3 is 2.72 bits per heavy atom. The van der Waals surface area contributed by atoms with Crippen LogP contribution in [0.1, 0.15) is 26.3 Å².